The van der Waals surface area contributed by atoms with Crippen molar-refractivity contribution in [3.05, 3.63) is 34.9 Å². The van der Waals surface area contributed by atoms with Crippen molar-refractivity contribution in [2.24, 2.45) is 0 Å². The first kappa shape index (κ1) is 14.9. The van der Waals surface area contributed by atoms with Crippen LogP contribution in [0.1, 0.15) is 33.9 Å². The minimum atomic E-state index is -1.37. The fourth-order valence-electron chi connectivity index (χ4n) is 0.998. The standard InChI is InChI=1S/C9H6O6.Ca.2H/c10-7(11)4-1-5(8(12)13)3-6(2-4)9(14)15;;;/h1-3H,(H,10,11)(H,12,13)(H,14,15);;;/q;+2;2*-1. The van der Waals surface area contributed by atoms with Gasteiger partial charge in [-0.25, -0.2) is 14.4 Å². The third-order valence-corrected chi connectivity index (χ3v) is 1.67. The first-order chi connectivity index (χ1) is 6.91. The zero-order chi connectivity index (χ0) is 11.6. The average Bonchev–Trinajstić information content (AvgIpc) is 2.16. The first-order valence-corrected chi connectivity index (χ1v) is 3.77. The Labute approximate surface area is 122 Å². The van der Waals surface area contributed by atoms with E-state index in [1.165, 1.54) is 0 Å². The van der Waals surface area contributed by atoms with E-state index in [9.17, 15) is 14.4 Å². The van der Waals surface area contributed by atoms with Gasteiger partial charge in [-0.1, -0.05) is 0 Å². The van der Waals surface area contributed by atoms with Gasteiger partial charge in [0.1, 0.15) is 0 Å². The molecule has 1 aromatic carbocycles. The Morgan fingerprint density at radius 1 is 0.750 bits per heavy atom. The smallest absolute Gasteiger partial charge is 1.00 e. The summed E-state index contributed by atoms with van der Waals surface area (Å²) in [7, 11) is 0. The molecule has 0 aliphatic rings. The largest absolute Gasteiger partial charge is 2.00 e. The van der Waals surface area contributed by atoms with Crippen molar-refractivity contribution in [3.63, 3.8) is 0 Å². The summed E-state index contributed by atoms with van der Waals surface area (Å²) >= 11 is 0. The number of hydrogen-bond acceptors (Lipinski definition) is 3. The molecule has 0 saturated carbocycles. The Kier molecular flexibility index (Phi) is 5.43. The third-order valence-electron chi connectivity index (χ3n) is 1.67. The van der Waals surface area contributed by atoms with Crippen LogP contribution in [0.25, 0.3) is 0 Å². The summed E-state index contributed by atoms with van der Waals surface area (Å²) in [5.74, 6) is -4.12. The Morgan fingerprint density at radius 2 is 0.938 bits per heavy atom. The van der Waals surface area contributed by atoms with Gasteiger partial charge in [-0.05, 0) is 18.2 Å². The number of carboxylic acids is 3. The summed E-state index contributed by atoms with van der Waals surface area (Å²) < 4.78 is 0. The van der Waals surface area contributed by atoms with Crippen LogP contribution < -0.4 is 0 Å². The molecule has 0 atom stereocenters. The molecule has 0 aliphatic heterocycles. The number of hydrogen-bond donors (Lipinski definition) is 3. The summed E-state index contributed by atoms with van der Waals surface area (Å²) in [6.45, 7) is 0. The first-order valence-electron chi connectivity index (χ1n) is 3.77. The molecule has 0 radical (unpaired) electrons. The second-order valence-electron chi connectivity index (χ2n) is 2.71. The van der Waals surface area contributed by atoms with Crippen molar-refractivity contribution < 1.29 is 32.6 Å². The molecule has 0 aliphatic carbocycles. The van der Waals surface area contributed by atoms with Gasteiger partial charge in [-0.15, -0.1) is 0 Å². The molecule has 0 saturated heterocycles. The van der Waals surface area contributed by atoms with Crippen LogP contribution in [0.4, 0.5) is 0 Å². The number of benzene rings is 1. The van der Waals surface area contributed by atoms with Crippen molar-refractivity contribution in [2.45, 2.75) is 0 Å². The molecule has 6 nitrogen and oxygen atoms in total. The monoisotopic (exact) mass is 252 g/mol. The van der Waals surface area contributed by atoms with Crippen LogP contribution in [-0.4, -0.2) is 71.0 Å². The van der Waals surface area contributed by atoms with Gasteiger partial charge in [0.15, 0.2) is 0 Å². The Balaban J connectivity index is -0.000000750. The maximum Gasteiger partial charge on any atom is 2.00 e. The van der Waals surface area contributed by atoms with Crippen molar-refractivity contribution in [3.8, 4) is 0 Å². The predicted molar refractivity (Wildman–Crippen MR) is 55.3 cm³/mol. The zero-order valence-electron chi connectivity index (χ0n) is 10.0. The van der Waals surface area contributed by atoms with Gasteiger partial charge in [-0.3, -0.25) is 0 Å². The molecule has 1 rings (SSSR count). The number of aromatic carboxylic acids is 3. The summed E-state index contributed by atoms with van der Waals surface area (Å²) in [5.41, 5.74) is -1.10. The van der Waals surface area contributed by atoms with E-state index in [0.717, 1.165) is 18.2 Å². The fraction of sp³-hybridized carbons (Fsp3) is 0. The molecule has 0 spiro atoms. The topological polar surface area (TPSA) is 112 Å². The van der Waals surface area contributed by atoms with Crippen molar-refractivity contribution in [2.75, 3.05) is 0 Å². The molecule has 0 aromatic heterocycles. The molecule has 0 fully saturated rings. The van der Waals surface area contributed by atoms with Crippen LogP contribution in [0, 0.1) is 0 Å². The van der Waals surface area contributed by atoms with Gasteiger partial charge in [-0.2, -0.15) is 0 Å². The van der Waals surface area contributed by atoms with Gasteiger partial charge in [0.25, 0.3) is 0 Å². The van der Waals surface area contributed by atoms with Crippen molar-refractivity contribution in [1.29, 1.82) is 0 Å². The van der Waals surface area contributed by atoms with Crippen LogP contribution in [-0.2, 0) is 0 Å². The van der Waals surface area contributed by atoms with Crippen LogP contribution in [0.3, 0.4) is 0 Å². The van der Waals surface area contributed by atoms with Gasteiger partial charge >= 0.3 is 55.6 Å². The number of carboxylic acid groups (broad SMARTS) is 3. The second-order valence-corrected chi connectivity index (χ2v) is 2.71. The van der Waals surface area contributed by atoms with E-state index in [4.69, 9.17) is 15.3 Å². The van der Waals surface area contributed by atoms with Crippen molar-refractivity contribution in [1.82, 2.24) is 0 Å². The van der Waals surface area contributed by atoms with Crippen LogP contribution in [0.15, 0.2) is 18.2 Å². The molecule has 0 heterocycles. The van der Waals surface area contributed by atoms with Gasteiger partial charge < -0.3 is 18.2 Å². The number of carbonyl (C=O) groups is 3. The molecular weight excluding hydrogens is 244 g/mol. The normalized spacial score (nSPS) is 9.00. The Bertz CT molecular complexity index is 383. The van der Waals surface area contributed by atoms with Crippen LogP contribution in [0.5, 0.6) is 0 Å². The maximum atomic E-state index is 10.6. The van der Waals surface area contributed by atoms with E-state index < -0.39 is 17.9 Å². The minimum absolute atomic E-state index is 0. The average molecular weight is 252 g/mol. The van der Waals surface area contributed by atoms with Gasteiger partial charge in [0.05, 0.1) is 16.7 Å². The van der Waals surface area contributed by atoms with Gasteiger partial charge in [0, 0.05) is 0 Å². The van der Waals surface area contributed by atoms with Gasteiger partial charge in [0.2, 0.25) is 0 Å². The molecule has 82 valence electrons. The minimum Gasteiger partial charge on any atom is -1.00 e. The van der Waals surface area contributed by atoms with E-state index in [2.05, 4.69) is 0 Å². The molecule has 1 aromatic rings. The molecule has 0 amide bonds. The zero-order valence-corrected chi connectivity index (χ0v) is 10.2. The quantitative estimate of drug-likeness (QED) is 0.680. The van der Waals surface area contributed by atoms with E-state index in [1.807, 2.05) is 0 Å². The molecule has 16 heavy (non-hydrogen) atoms. The SMILES string of the molecule is O=C(O)c1cc(C(=O)O)cc(C(=O)O)c1.[Ca+2].[H-].[H-]. The molecule has 0 bridgehead atoms. The summed E-state index contributed by atoms with van der Waals surface area (Å²) in [6, 6.07) is 2.70. The van der Waals surface area contributed by atoms with Crippen molar-refractivity contribution >= 4 is 55.6 Å². The number of rotatable bonds is 3. The third kappa shape index (κ3) is 3.48. The summed E-state index contributed by atoms with van der Waals surface area (Å²) in [6.07, 6.45) is 0. The predicted octanol–water partition coefficient (Wildman–Crippen LogP) is 0.625. The molecular formula is C9H8CaO6. The fourth-order valence-corrected chi connectivity index (χ4v) is 0.998. The van der Waals surface area contributed by atoms with E-state index in [0.29, 0.717) is 0 Å². The summed E-state index contributed by atoms with van der Waals surface area (Å²) in [5, 5.41) is 25.8. The Hall–Kier alpha value is -1.11. The van der Waals surface area contributed by atoms with E-state index in [-0.39, 0.29) is 57.3 Å². The van der Waals surface area contributed by atoms with E-state index in [1.54, 1.807) is 0 Å². The Morgan fingerprint density at radius 3 is 1.06 bits per heavy atom. The maximum absolute atomic E-state index is 10.6. The molecule has 0 unspecified atom stereocenters. The van der Waals surface area contributed by atoms with E-state index >= 15 is 0 Å². The summed E-state index contributed by atoms with van der Waals surface area (Å²) in [4.78, 5) is 31.7. The molecule has 7 heteroatoms. The van der Waals surface area contributed by atoms with Crippen LogP contribution >= 0.6 is 0 Å². The van der Waals surface area contributed by atoms with Crippen LogP contribution in [0.2, 0.25) is 0 Å². The molecule has 3 N–H and O–H groups in total. The second kappa shape index (κ2) is 5.83.